The highest BCUT2D eigenvalue weighted by Crippen LogP contribution is 2.23. The Morgan fingerprint density at radius 1 is 1.37 bits per heavy atom. The third-order valence-electron chi connectivity index (χ3n) is 4.03. The molecule has 1 fully saturated rings. The van der Waals surface area contributed by atoms with Crippen LogP contribution in [-0.4, -0.2) is 45.7 Å². The number of amides is 1. The maximum atomic E-state index is 12.6. The number of fused-ring (bicyclic) bond motifs is 1. The van der Waals surface area contributed by atoms with E-state index < -0.39 is 0 Å². The summed E-state index contributed by atoms with van der Waals surface area (Å²) < 4.78 is 7.83. The zero-order chi connectivity index (χ0) is 13.4. The lowest BCUT2D eigenvalue weighted by atomic mass is 9.95. The van der Waals surface area contributed by atoms with E-state index in [0.717, 1.165) is 25.2 Å². The highest BCUT2D eigenvalue weighted by Gasteiger charge is 2.32. The summed E-state index contributed by atoms with van der Waals surface area (Å²) in [5.74, 6) is 1.41. The van der Waals surface area contributed by atoms with Crippen LogP contribution in [0.15, 0.2) is 12.4 Å². The fourth-order valence-corrected chi connectivity index (χ4v) is 3.18. The Morgan fingerprint density at radius 3 is 2.84 bits per heavy atom. The van der Waals surface area contributed by atoms with E-state index in [2.05, 4.69) is 9.55 Å². The van der Waals surface area contributed by atoms with Crippen molar-refractivity contribution in [3.8, 4) is 0 Å². The summed E-state index contributed by atoms with van der Waals surface area (Å²) in [7, 11) is 0. The smallest absolute Gasteiger partial charge is 0.226 e. The first-order valence-corrected chi connectivity index (χ1v) is 7.07. The molecule has 1 saturated heterocycles. The summed E-state index contributed by atoms with van der Waals surface area (Å²) >= 11 is 0. The average Bonchev–Trinajstić information content (AvgIpc) is 2.83. The van der Waals surface area contributed by atoms with E-state index in [1.54, 1.807) is 0 Å². The predicted molar refractivity (Wildman–Crippen MR) is 70.6 cm³/mol. The average molecular weight is 263 g/mol. The molecule has 104 valence electrons. The Kier molecular flexibility index (Phi) is 3.31. The fourth-order valence-electron chi connectivity index (χ4n) is 3.18. The van der Waals surface area contributed by atoms with Gasteiger partial charge in [-0.1, -0.05) is 0 Å². The van der Waals surface area contributed by atoms with Crippen LogP contribution in [-0.2, 0) is 22.5 Å². The number of carbonyl (C=O) groups is 1. The predicted octanol–water partition coefficient (Wildman–Crippen LogP) is 1.08. The molecule has 0 N–H and O–H groups in total. The van der Waals surface area contributed by atoms with Crippen LogP contribution in [0.1, 0.15) is 26.1 Å². The minimum atomic E-state index is 0.0902. The summed E-state index contributed by atoms with van der Waals surface area (Å²) in [5.41, 5.74) is 0. The molecule has 0 bridgehead atoms. The summed E-state index contributed by atoms with van der Waals surface area (Å²) in [6.45, 7) is 6.40. The first-order valence-electron chi connectivity index (χ1n) is 7.07. The molecule has 3 atom stereocenters. The number of carbonyl (C=O) groups excluding carboxylic acids is 1. The lowest BCUT2D eigenvalue weighted by Gasteiger charge is -2.37. The van der Waals surface area contributed by atoms with Gasteiger partial charge in [0.05, 0.1) is 12.2 Å². The van der Waals surface area contributed by atoms with Gasteiger partial charge in [-0.25, -0.2) is 4.98 Å². The number of imidazole rings is 1. The van der Waals surface area contributed by atoms with E-state index in [1.807, 2.05) is 31.1 Å². The Labute approximate surface area is 113 Å². The van der Waals surface area contributed by atoms with E-state index in [4.69, 9.17) is 4.74 Å². The van der Waals surface area contributed by atoms with Crippen molar-refractivity contribution in [3.63, 3.8) is 0 Å². The quantitative estimate of drug-likeness (QED) is 0.762. The molecule has 0 aromatic carbocycles. The minimum absolute atomic E-state index is 0.0902. The second-order valence-corrected chi connectivity index (χ2v) is 5.73. The molecule has 5 heteroatoms. The lowest BCUT2D eigenvalue weighted by Crippen LogP contribution is -2.50. The van der Waals surface area contributed by atoms with Gasteiger partial charge in [-0.15, -0.1) is 0 Å². The number of hydrogen-bond acceptors (Lipinski definition) is 3. The van der Waals surface area contributed by atoms with Crippen molar-refractivity contribution >= 4 is 5.91 Å². The van der Waals surface area contributed by atoms with Gasteiger partial charge in [-0.2, -0.15) is 0 Å². The summed E-state index contributed by atoms with van der Waals surface area (Å²) in [5, 5.41) is 0. The molecule has 19 heavy (non-hydrogen) atoms. The highest BCUT2D eigenvalue weighted by molar-refractivity contribution is 5.79. The number of aryl methyl sites for hydroxylation is 1. The number of nitrogens with zero attached hydrogens (tertiary/aromatic N) is 3. The normalized spacial score (nSPS) is 31.1. The molecule has 3 heterocycles. The largest absolute Gasteiger partial charge is 0.372 e. The van der Waals surface area contributed by atoms with E-state index in [1.165, 1.54) is 0 Å². The number of ether oxygens (including phenoxy) is 1. The van der Waals surface area contributed by atoms with Crippen molar-refractivity contribution in [1.82, 2.24) is 14.5 Å². The van der Waals surface area contributed by atoms with Crippen molar-refractivity contribution in [2.45, 2.75) is 45.4 Å². The lowest BCUT2D eigenvalue weighted by molar-refractivity contribution is -0.148. The fraction of sp³-hybridized carbons (Fsp3) is 0.714. The second-order valence-electron chi connectivity index (χ2n) is 5.73. The Bertz CT molecular complexity index is 461. The molecule has 1 amide bonds. The third kappa shape index (κ3) is 2.52. The van der Waals surface area contributed by atoms with Crippen LogP contribution in [0.3, 0.4) is 0 Å². The van der Waals surface area contributed by atoms with Crippen LogP contribution in [0.5, 0.6) is 0 Å². The summed E-state index contributed by atoms with van der Waals surface area (Å²) in [6.07, 6.45) is 5.78. The van der Waals surface area contributed by atoms with Crippen LogP contribution >= 0.6 is 0 Å². The molecule has 0 radical (unpaired) electrons. The third-order valence-corrected chi connectivity index (χ3v) is 4.03. The molecule has 3 rings (SSSR count). The SMILES string of the molecule is C[C@@H]1CN(C(=O)C2CCn3ccnc3C2)C[C@H](C)O1. The molecule has 1 unspecified atom stereocenters. The zero-order valence-electron chi connectivity index (χ0n) is 11.6. The van der Waals surface area contributed by atoms with Crippen LogP contribution in [0.2, 0.25) is 0 Å². The number of morpholine rings is 1. The van der Waals surface area contributed by atoms with Crippen molar-refractivity contribution in [3.05, 3.63) is 18.2 Å². The van der Waals surface area contributed by atoms with Gasteiger partial charge in [0, 0.05) is 44.4 Å². The topological polar surface area (TPSA) is 47.4 Å². The van der Waals surface area contributed by atoms with Crippen LogP contribution in [0, 0.1) is 5.92 Å². The Hall–Kier alpha value is -1.36. The van der Waals surface area contributed by atoms with Gasteiger partial charge in [0.1, 0.15) is 5.82 Å². The van der Waals surface area contributed by atoms with E-state index in [9.17, 15) is 4.79 Å². The van der Waals surface area contributed by atoms with Gasteiger partial charge in [0.2, 0.25) is 5.91 Å². The number of rotatable bonds is 1. The van der Waals surface area contributed by atoms with E-state index >= 15 is 0 Å². The molecule has 1 aromatic heterocycles. The van der Waals surface area contributed by atoms with Gasteiger partial charge < -0.3 is 14.2 Å². The summed E-state index contributed by atoms with van der Waals surface area (Å²) in [6, 6.07) is 0. The highest BCUT2D eigenvalue weighted by atomic mass is 16.5. The second kappa shape index (κ2) is 4.96. The molecular weight excluding hydrogens is 242 g/mol. The molecule has 1 aromatic rings. The van der Waals surface area contributed by atoms with Gasteiger partial charge in [-0.3, -0.25) is 4.79 Å². The molecule has 0 aliphatic carbocycles. The molecule has 0 saturated carbocycles. The van der Waals surface area contributed by atoms with Crippen molar-refractivity contribution < 1.29 is 9.53 Å². The molecule has 2 aliphatic heterocycles. The van der Waals surface area contributed by atoms with Crippen molar-refractivity contribution in [1.29, 1.82) is 0 Å². The van der Waals surface area contributed by atoms with E-state index in [-0.39, 0.29) is 24.0 Å². The Balaban J connectivity index is 1.68. The first kappa shape index (κ1) is 12.7. The first-order chi connectivity index (χ1) is 9.13. The van der Waals surface area contributed by atoms with Crippen LogP contribution in [0.4, 0.5) is 0 Å². The molecule has 5 nitrogen and oxygen atoms in total. The number of aromatic nitrogens is 2. The molecular formula is C14H21N3O2. The monoisotopic (exact) mass is 263 g/mol. The van der Waals surface area contributed by atoms with Gasteiger partial charge in [0.25, 0.3) is 0 Å². The molecule has 0 spiro atoms. The van der Waals surface area contributed by atoms with Gasteiger partial charge >= 0.3 is 0 Å². The van der Waals surface area contributed by atoms with Crippen LogP contribution in [0.25, 0.3) is 0 Å². The zero-order valence-corrected chi connectivity index (χ0v) is 11.6. The Morgan fingerprint density at radius 2 is 2.11 bits per heavy atom. The standard InChI is InChI=1S/C14H21N3O2/c1-10-8-17(9-11(2)19-10)14(18)12-3-5-16-6-4-15-13(16)7-12/h4,6,10-12H,3,5,7-9H2,1-2H3/t10-,11+,12?. The van der Waals surface area contributed by atoms with Gasteiger partial charge in [-0.05, 0) is 20.3 Å². The van der Waals surface area contributed by atoms with Crippen molar-refractivity contribution in [2.24, 2.45) is 5.92 Å². The van der Waals surface area contributed by atoms with Crippen molar-refractivity contribution in [2.75, 3.05) is 13.1 Å². The minimum Gasteiger partial charge on any atom is -0.372 e. The van der Waals surface area contributed by atoms with Crippen LogP contribution < -0.4 is 0 Å². The summed E-state index contributed by atoms with van der Waals surface area (Å²) in [4.78, 5) is 18.9. The van der Waals surface area contributed by atoms with Gasteiger partial charge in [0.15, 0.2) is 0 Å². The number of hydrogen-bond donors (Lipinski definition) is 0. The maximum absolute atomic E-state index is 12.6. The van der Waals surface area contributed by atoms with E-state index in [0.29, 0.717) is 13.1 Å². The molecule has 2 aliphatic rings. The maximum Gasteiger partial charge on any atom is 0.226 e.